The summed E-state index contributed by atoms with van der Waals surface area (Å²) >= 11 is 0. The molecule has 0 bridgehead atoms. The molecule has 2 rings (SSSR count). The summed E-state index contributed by atoms with van der Waals surface area (Å²) < 4.78 is 5.38. The van der Waals surface area contributed by atoms with Gasteiger partial charge in [0, 0.05) is 13.0 Å². The lowest BCUT2D eigenvalue weighted by Crippen LogP contribution is -2.45. The van der Waals surface area contributed by atoms with Crippen molar-refractivity contribution in [2.24, 2.45) is 5.92 Å². The molecule has 2 heterocycles. The molecule has 1 aliphatic heterocycles. The van der Waals surface area contributed by atoms with Crippen LogP contribution < -0.4 is 0 Å². The molecule has 1 aromatic rings. The number of nitrogens with zero attached hydrogens (tertiary/aromatic N) is 1. The molecule has 1 fully saturated rings. The van der Waals surface area contributed by atoms with Crippen molar-refractivity contribution in [1.82, 2.24) is 4.90 Å². The highest BCUT2D eigenvalue weighted by Gasteiger charge is 2.41. The van der Waals surface area contributed by atoms with E-state index in [0.717, 1.165) is 19.3 Å². The number of hydrogen-bond donors (Lipinski definition) is 1. The molecule has 1 aliphatic rings. The van der Waals surface area contributed by atoms with Crippen molar-refractivity contribution < 1.29 is 19.1 Å². The summed E-state index contributed by atoms with van der Waals surface area (Å²) in [6, 6.07) is 3.02. The molecule has 0 aromatic carbocycles. The lowest BCUT2D eigenvalue weighted by molar-refractivity contribution is -0.152. The monoisotopic (exact) mass is 279 g/mol. The van der Waals surface area contributed by atoms with E-state index in [1.165, 1.54) is 6.26 Å². The van der Waals surface area contributed by atoms with E-state index in [-0.39, 0.29) is 5.91 Å². The molecule has 1 aromatic heterocycles. The van der Waals surface area contributed by atoms with Crippen LogP contribution in [0.4, 0.5) is 0 Å². The first-order valence-corrected chi connectivity index (χ1v) is 7.20. The smallest absolute Gasteiger partial charge is 0.309 e. The number of likely N-dealkylation sites (tertiary alicyclic amines) is 1. The number of carboxylic acid groups (broad SMARTS) is 1. The zero-order chi connectivity index (χ0) is 14.5. The zero-order valence-corrected chi connectivity index (χ0v) is 11.7. The second-order valence-electron chi connectivity index (χ2n) is 5.24. The normalized spacial score (nSPS) is 23.1. The Hall–Kier alpha value is -1.78. The topological polar surface area (TPSA) is 70.8 Å². The molecular weight excluding hydrogens is 258 g/mol. The van der Waals surface area contributed by atoms with E-state index in [0.29, 0.717) is 25.1 Å². The minimum atomic E-state index is -0.862. The largest absolute Gasteiger partial charge is 0.481 e. The van der Waals surface area contributed by atoms with Crippen LogP contribution in [0, 0.1) is 5.92 Å². The van der Waals surface area contributed by atoms with Crippen molar-refractivity contribution in [2.75, 3.05) is 6.54 Å². The molecular formula is C15H21NO4. The maximum absolute atomic E-state index is 12.2. The van der Waals surface area contributed by atoms with Gasteiger partial charge in [0.15, 0.2) is 0 Å². The van der Waals surface area contributed by atoms with Gasteiger partial charge in [0.1, 0.15) is 11.8 Å². The Morgan fingerprint density at radius 3 is 2.90 bits per heavy atom. The summed E-state index contributed by atoms with van der Waals surface area (Å²) in [6.45, 7) is 2.70. The third kappa shape index (κ3) is 3.03. The van der Waals surface area contributed by atoms with Crippen molar-refractivity contribution in [3.05, 3.63) is 24.2 Å². The number of carboxylic acids is 1. The summed E-state index contributed by atoms with van der Waals surface area (Å²) in [5.41, 5.74) is 0. The number of rotatable bonds is 6. The van der Waals surface area contributed by atoms with Crippen LogP contribution in [0.1, 0.15) is 50.8 Å². The van der Waals surface area contributed by atoms with Gasteiger partial charge in [-0.2, -0.15) is 0 Å². The number of unbranched alkanes of at least 4 members (excludes halogenated alkanes) is 2. The van der Waals surface area contributed by atoms with E-state index >= 15 is 0 Å². The number of carbonyl (C=O) groups excluding carboxylic acids is 1. The van der Waals surface area contributed by atoms with E-state index < -0.39 is 17.9 Å². The number of hydrogen-bond acceptors (Lipinski definition) is 3. The SMILES string of the molecule is CCCCCN1C(=O)CCC(C(=O)O)C1c1ccco1. The van der Waals surface area contributed by atoms with Gasteiger partial charge >= 0.3 is 5.97 Å². The van der Waals surface area contributed by atoms with E-state index in [2.05, 4.69) is 6.92 Å². The number of amides is 1. The summed E-state index contributed by atoms with van der Waals surface area (Å²) in [4.78, 5) is 25.3. The quantitative estimate of drug-likeness (QED) is 0.813. The fourth-order valence-electron chi connectivity index (χ4n) is 2.82. The highest BCUT2D eigenvalue weighted by molar-refractivity contribution is 5.81. The molecule has 0 radical (unpaired) electrons. The van der Waals surface area contributed by atoms with Crippen LogP contribution in [0.3, 0.4) is 0 Å². The average molecular weight is 279 g/mol. The highest BCUT2D eigenvalue weighted by Crippen LogP contribution is 2.37. The van der Waals surface area contributed by atoms with Gasteiger partial charge in [0.05, 0.1) is 12.2 Å². The molecule has 2 unspecified atom stereocenters. The molecule has 2 atom stereocenters. The first-order chi connectivity index (χ1) is 9.65. The molecule has 0 spiro atoms. The first kappa shape index (κ1) is 14.6. The van der Waals surface area contributed by atoms with Gasteiger partial charge in [-0.15, -0.1) is 0 Å². The highest BCUT2D eigenvalue weighted by atomic mass is 16.4. The fourth-order valence-corrected chi connectivity index (χ4v) is 2.82. The van der Waals surface area contributed by atoms with Gasteiger partial charge in [-0.3, -0.25) is 9.59 Å². The standard InChI is InChI=1S/C15H21NO4/c1-2-3-4-9-16-13(17)8-7-11(15(18)19)14(16)12-6-5-10-20-12/h5-6,10-11,14H,2-4,7-9H2,1H3,(H,18,19). The molecule has 110 valence electrons. The Kier molecular flexibility index (Phi) is 4.82. The predicted octanol–water partition coefficient (Wildman–Crippen LogP) is 2.83. The van der Waals surface area contributed by atoms with Gasteiger partial charge in [0.2, 0.25) is 5.91 Å². The lowest BCUT2D eigenvalue weighted by Gasteiger charge is -2.38. The number of aliphatic carboxylic acids is 1. The number of furan rings is 1. The van der Waals surface area contributed by atoms with Gasteiger partial charge in [-0.05, 0) is 25.0 Å². The minimum absolute atomic E-state index is 0.0278. The van der Waals surface area contributed by atoms with Crippen molar-refractivity contribution in [1.29, 1.82) is 0 Å². The van der Waals surface area contributed by atoms with Crippen LogP contribution >= 0.6 is 0 Å². The van der Waals surface area contributed by atoms with Crippen LogP contribution in [0.15, 0.2) is 22.8 Å². The summed E-state index contributed by atoms with van der Waals surface area (Å²) in [5.74, 6) is -0.846. The summed E-state index contributed by atoms with van der Waals surface area (Å²) in [6.07, 6.45) is 5.20. The lowest BCUT2D eigenvalue weighted by atomic mass is 9.87. The van der Waals surface area contributed by atoms with Crippen molar-refractivity contribution in [2.45, 2.75) is 45.1 Å². The molecule has 1 amide bonds. The maximum atomic E-state index is 12.2. The molecule has 0 saturated carbocycles. The van der Waals surface area contributed by atoms with Gasteiger partial charge in [0.25, 0.3) is 0 Å². The number of carbonyl (C=O) groups is 2. The van der Waals surface area contributed by atoms with E-state index in [4.69, 9.17) is 4.42 Å². The van der Waals surface area contributed by atoms with Crippen molar-refractivity contribution in [3.8, 4) is 0 Å². The summed E-state index contributed by atoms with van der Waals surface area (Å²) in [7, 11) is 0. The Morgan fingerprint density at radius 1 is 1.50 bits per heavy atom. The van der Waals surface area contributed by atoms with Gasteiger partial charge < -0.3 is 14.4 Å². The Balaban J connectivity index is 2.22. The fraction of sp³-hybridized carbons (Fsp3) is 0.600. The third-order valence-corrected chi connectivity index (χ3v) is 3.86. The predicted molar refractivity (Wildman–Crippen MR) is 73.0 cm³/mol. The van der Waals surface area contributed by atoms with Crippen LogP contribution in [0.5, 0.6) is 0 Å². The van der Waals surface area contributed by atoms with Gasteiger partial charge in [-0.25, -0.2) is 0 Å². The molecule has 0 aliphatic carbocycles. The Bertz CT molecular complexity index is 454. The van der Waals surface area contributed by atoms with Gasteiger partial charge in [-0.1, -0.05) is 19.8 Å². The second-order valence-corrected chi connectivity index (χ2v) is 5.24. The number of piperidine rings is 1. The second kappa shape index (κ2) is 6.59. The molecule has 5 nitrogen and oxygen atoms in total. The molecule has 20 heavy (non-hydrogen) atoms. The average Bonchev–Trinajstić information content (AvgIpc) is 2.93. The molecule has 5 heteroatoms. The van der Waals surface area contributed by atoms with Crippen LogP contribution in [0.2, 0.25) is 0 Å². The molecule has 1 saturated heterocycles. The van der Waals surface area contributed by atoms with Crippen LogP contribution in [-0.2, 0) is 9.59 Å². The van der Waals surface area contributed by atoms with E-state index in [1.54, 1.807) is 17.0 Å². The maximum Gasteiger partial charge on any atom is 0.309 e. The van der Waals surface area contributed by atoms with E-state index in [9.17, 15) is 14.7 Å². The van der Waals surface area contributed by atoms with Crippen LogP contribution in [-0.4, -0.2) is 28.4 Å². The van der Waals surface area contributed by atoms with E-state index in [1.807, 2.05) is 0 Å². The Labute approximate surface area is 118 Å². The minimum Gasteiger partial charge on any atom is -0.481 e. The molecule has 1 N–H and O–H groups in total. The first-order valence-electron chi connectivity index (χ1n) is 7.20. The summed E-state index contributed by atoms with van der Waals surface area (Å²) in [5, 5.41) is 9.40. The van der Waals surface area contributed by atoms with Crippen LogP contribution in [0.25, 0.3) is 0 Å². The Morgan fingerprint density at radius 2 is 2.30 bits per heavy atom. The zero-order valence-electron chi connectivity index (χ0n) is 11.7. The van der Waals surface area contributed by atoms with Crippen molar-refractivity contribution in [3.63, 3.8) is 0 Å². The third-order valence-electron chi connectivity index (χ3n) is 3.86. The van der Waals surface area contributed by atoms with Crippen molar-refractivity contribution >= 4 is 11.9 Å².